The summed E-state index contributed by atoms with van der Waals surface area (Å²) < 4.78 is 11.5. The first-order chi connectivity index (χ1) is 19.2. The van der Waals surface area contributed by atoms with Crippen LogP contribution in [0, 0.1) is 19.8 Å². The molecular weight excluding hydrogens is 524 g/mol. The molecule has 0 fully saturated rings. The number of alkyl carbamates (subject to hydrolysis) is 1. The van der Waals surface area contributed by atoms with Crippen molar-refractivity contribution in [1.82, 2.24) is 10.3 Å². The Labute approximate surface area is 240 Å². The number of pyridine rings is 1. The lowest BCUT2D eigenvalue weighted by atomic mass is 9.90. The number of nitrogens with zero attached hydrogens (tertiary/aromatic N) is 1. The van der Waals surface area contributed by atoms with E-state index in [9.17, 15) is 24.6 Å². The highest BCUT2D eigenvalue weighted by Crippen LogP contribution is 2.34. The van der Waals surface area contributed by atoms with Crippen molar-refractivity contribution in [3.8, 4) is 16.9 Å². The van der Waals surface area contributed by atoms with E-state index in [1.165, 1.54) is 12.1 Å². The molecule has 9 heteroatoms. The predicted octanol–water partition coefficient (Wildman–Crippen LogP) is 6.56. The third-order valence-electron chi connectivity index (χ3n) is 6.27. The normalized spacial score (nSPS) is 11.3. The molecular formula is C32H38N2O7. The number of aromatic carboxylic acids is 2. The van der Waals surface area contributed by atoms with Crippen LogP contribution >= 0.6 is 0 Å². The molecule has 3 aromatic rings. The Balaban J connectivity index is 2.15. The van der Waals surface area contributed by atoms with Crippen LogP contribution in [0.4, 0.5) is 4.79 Å². The molecule has 1 amide bonds. The maximum absolute atomic E-state index is 12.6. The van der Waals surface area contributed by atoms with Gasteiger partial charge in [0.25, 0.3) is 0 Å². The summed E-state index contributed by atoms with van der Waals surface area (Å²) in [6.07, 6.45) is 0.122. The number of aryl methyl sites for hydroxylation is 2. The van der Waals surface area contributed by atoms with Gasteiger partial charge in [-0.3, -0.25) is 4.98 Å². The number of rotatable bonds is 10. The fourth-order valence-corrected chi connectivity index (χ4v) is 4.42. The lowest BCUT2D eigenvalue weighted by Crippen LogP contribution is -2.32. The van der Waals surface area contributed by atoms with Crippen LogP contribution < -0.4 is 10.1 Å². The molecule has 0 spiro atoms. The molecule has 0 saturated carbocycles. The molecule has 1 heterocycles. The molecule has 0 radical (unpaired) electrons. The van der Waals surface area contributed by atoms with E-state index in [2.05, 4.69) is 19.2 Å². The second kappa shape index (κ2) is 12.8. The topological polar surface area (TPSA) is 135 Å². The number of hydrogen-bond donors (Lipinski definition) is 3. The molecule has 0 aliphatic rings. The van der Waals surface area contributed by atoms with Crippen molar-refractivity contribution >= 4 is 18.0 Å². The molecule has 0 bridgehead atoms. The van der Waals surface area contributed by atoms with E-state index in [1.807, 2.05) is 38.1 Å². The fourth-order valence-electron chi connectivity index (χ4n) is 4.42. The van der Waals surface area contributed by atoms with E-state index >= 15 is 0 Å². The molecule has 0 atom stereocenters. The Kier molecular flexibility index (Phi) is 9.75. The van der Waals surface area contributed by atoms with Gasteiger partial charge in [-0.1, -0.05) is 43.7 Å². The quantitative estimate of drug-likeness (QED) is 0.253. The Morgan fingerprint density at radius 2 is 1.61 bits per heavy atom. The monoisotopic (exact) mass is 562 g/mol. The van der Waals surface area contributed by atoms with E-state index in [0.29, 0.717) is 18.0 Å². The van der Waals surface area contributed by atoms with Crippen LogP contribution in [0.3, 0.4) is 0 Å². The van der Waals surface area contributed by atoms with Gasteiger partial charge in [-0.2, -0.15) is 0 Å². The lowest BCUT2D eigenvalue weighted by Gasteiger charge is -2.24. The SMILES string of the molecule is Cc1ccc(-c2c(COc3ccc(C(=O)O)cc3C(=O)O)c(C)nc(CC(C)C)c2CNC(=O)OC(C)(C)C)cc1. The number of hydrogen-bond acceptors (Lipinski definition) is 6. The first-order valence-electron chi connectivity index (χ1n) is 13.4. The lowest BCUT2D eigenvalue weighted by molar-refractivity contribution is 0.0522. The Hall–Kier alpha value is -4.40. The minimum Gasteiger partial charge on any atom is -0.488 e. The van der Waals surface area contributed by atoms with Gasteiger partial charge < -0.3 is 25.0 Å². The summed E-state index contributed by atoms with van der Waals surface area (Å²) in [5, 5.41) is 21.9. The minimum absolute atomic E-state index is 0.0316. The van der Waals surface area contributed by atoms with Crippen LogP contribution in [-0.2, 0) is 24.3 Å². The molecule has 3 N–H and O–H groups in total. The Morgan fingerprint density at radius 3 is 2.17 bits per heavy atom. The van der Waals surface area contributed by atoms with Gasteiger partial charge in [-0.25, -0.2) is 14.4 Å². The summed E-state index contributed by atoms with van der Waals surface area (Å²) >= 11 is 0. The average Bonchev–Trinajstić information content (AvgIpc) is 2.86. The minimum atomic E-state index is -1.30. The Morgan fingerprint density at radius 1 is 0.951 bits per heavy atom. The standard InChI is InChI=1S/C32H38N2O7/c1-18(2)14-26-24(16-33-31(39)41-32(5,6)7)28(21-10-8-19(3)9-11-21)25(20(4)34-26)17-40-27-13-12-22(29(35)36)15-23(27)30(37)38/h8-13,15,18H,14,16-17H2,1-7H3,(H,33,39)(H,35,36)(H,37,38). The van der Waals surface area contributed by atoms with Gasteiger partial charge in [0, 0.05) is 29.1 Å². The molecule has 2 aromatic carbocycles. The molecule has 218 valence electrons. The van der Waals surface area contributed by atoms with Gasteiger partial charge in [0.15, 0.2) is 0 Å². The number of carbonyl (C=O) groups is 3. The van der Waals surface area contributed by atoms with Crippen LogP contribution in [0.1, 0.15) is 83.4 Å². The third-order valence-corrected chi connectivity index (χ3v) is 6.27. The third kappa shape index (κ3) is 8.30. The number of ether oxygens (including phenoxy) is 2. The second-order valence-electron chi connectivity index (χ2n) is 11.4. The van der Waals surface area contributed by atoms with Crippen molar-refractivity contribution in [1.29, 1.82) is 0 Å². The molecule has 0 aliphatic carbocycles. The zero-order valence-corrected chi connectivity index (χ0v) is 24.6. The number of carboxylic acid groups (broad SMARTS) is 2. The molecule has 41 heavy (non-hydrogen) atoms. The van der Waals surface area contributed by atoms with Gasteiger partial charge in [0.1, 0.15) is 23.5 Å². The molecule has 9 nitrogen and oxygen atoms in total. The van der Waals surface area contributed by atoms with Gasteiger partial charge in [-0.15, -0.1) is 0 Å². The highest BCUT2D eigenvalue weighted by Gasteiger charge is 2.23. The highest BCUT2D eigenvalue weighted by molar-refractivity contribution is 5.95. The van der Waals surface area contributed by atoms with Crippen LogP contribution in [-0.4, -0.2) is 38.8 Å². The van der Waals surface area contributed by atoms with Gasteiger partial charge in [-0.05, 0) is 76.3 Å². The maximum atomic E-state index is 12.6. The van der Waals surface area contributed by atoms with Gasteiger partial charge in [0.2, 0.25) is 0 Å². The van der Waals surface area contributed by atoms with Crippen molar-refractivity contribution in [2.45, 2.75) is 73.6 Å². The summed E-state index contributed by atoms with van der Waals surface area (Å²) in [7, 11) is 0. The second-order valence-corrected chi connectivity index (χ2v) is 11.4. The fraction of sp³-hybridized carbons (Fsp3) is 0.375. The number of amides is 1. The number of carbonyl (C=O) groups excluding carboxylic acids is 1. The first-order valence-corrected chi connectivity index (χ1v) is 13.4. The van der Waals surface area contributed by atoms with Crippen molar-refractivity contribution < 1.29 is 34.1 Å². The molecule has 0 unspecified atom stereocenters. The summed E-state index contributed by atoms with van der Waals surface area (Å²) in [5.41, 5.74) is 4.83. The summed E-state index contributed by atoms with van der Waals surface area (Å²) in [4.78, 5) is 40.8. The number of benzene rings is 2. The van der Waals surface area contributed by atoms with Crippen molar-refractivity contribution in [3.63, 3.8) is 0 Å². The van der Waals surface area contributed by atoms with Crippen LogP contribution in [0.5, 0.6) is 5.75 Å². The summed E-state index contributed by atoms with van der Waals surface area (Å²) in [5.74, 6) is -2.20. The van der Waals surface area contributed by atoms with E-state index in [0.717, 1.165) is 39.6 Å². The average molecular weight is 563 g/mol. The Bertz CT molecular complexity index is 1440. The molecule has 1 aromatic heterocycles. The van der Waals surface area contributed by atoms with Crippen molar-refractivity contribution in [3.05, 3.63) is 81.7 Å². The molecule has 0 aliphatic heterocycles. The van der Waals surface area contributed by atoms with E-state index in [4.69, 9.17) is 14.5 Å². The van der Waals surface area contributed by atoms with Crippen LogP contribution in [0.15, 0.2) is 42.5 Å². The summed E-state index contributed by atoms with van der Waals surface area (Å²) in [6.45, 7) is 13.6. The zero-order valence-electron chi connectivity index (χ0n) is 24.6. The van der Waals surface area contributed by atoms with E-state index < -0.39 is 23.6 Å². The number of nitrogens with one attached hydrogen (secondary N) is 1. The number of aromatic nitrogens is 1. The first kappa shape index (κ1) is 31.1. The van der Waals surface area contributed by atoms with Crippen molar-refractivity contribution in [2.24, 2.45) is 5.92 Å². The largest absolute Gasteiger partial charge is 0.488 e. The summed E-state index contributed by atoms with van der Waals surface area (Å²) in [6, 6.07) is 11.7. The smallest absolute Gasteiger partial charge is 0.407 e. The number of carboxylic acids is 2. The molecule has 0 saturated heterocycles. The zero-order chi connectivity index (χ0) is 30.5. The van der Waals surface area contributed by atoms with E-state index in [1.54, 1.807) is 20.8 Å². The van der Waals surface area contributed by atoms with Gasteiger partial charge in [0.05, 0.1) is 5.56 Å². The van der Waals surface area contributed by atoms with Crippen LogP contribution in [0.25, 0.3) is 11.1 Å². The maximum Gasteiger partial charge on any atom is 0.407 e. The molecule has 3 rings (SSSR count). The predicted molar refractivity (Wildman–Crippen MR) is 155 cm³/mol. The van der Waals surface area contributed by atoms with Crippen LogP contribution in [0.2, 0.25) is 0 Å². The van der Waals surface area contributed by atoms with E-state index in [-0.39, 0.29) is 30.0 Å². The van der Waals surface area contributed by atoms with Gasteiger partial charge >= 0.3 is 18.0 Å². The highest BCUT2D eigenvalue weighted by atomic mass is 16.6. The van der Waals surface area contributed by atoms with Crippen molar-refractivity contribution in [2.75, 3.05) is 0 Å².